The lowest BCUT2D eigenvalue weighted by Crippen LogP contribution is -2.39. The number of aliphatic hydroxyl groups is 1. The molecule has 0 aromatic heterocycles. The molecule has 0 amide bonds. The summed E-state index contributed by atoms with van der Waals surface area (Å²) in [6.07, 6.45) is -2.86. The van der Waals surface area contributed by atoms with Crippen LogP contribution in [0.1, 0.15) is 27.9 Å². The van der Waals surface area contributed by atoms with Gasteiger partial charge in [0.05, 0.1) is 17.7 Å². The van der Waals surface area contributed by atoms with Gasteiger partial charge in [-0.2, -0.15) is 13.2 Å². The number of halogens is 3. The van der Waals surface area contributed by atoms with E-state index in [9.17, 15) is 27.9 Å². The highest BCUT2D eigenvalue weighted by Crippen LogP contribution is 2.33. The first-order valence-corrected chi connectivity index (χ1v) is 8.67. The van der Waals surface area contributed by atoms with Gasteiger partial charge in [0.1, 0.15) is 6.61 Å². The largest absolute Gasteiger partial charge is 0.458 e. The van der Waals surface area contributed by atoms with Gasteiger partial charge in [-0.3, -0.25) is 0 Å². The second-order valence-corrected chi connectivity index (χ2v) is 6.64. The van der Waals surface area contributed by atoms with Crippen molar-refractivity contribution in [3.8, 4) is 0 Å². The molecular weight excluding hydrogens is 389 g/mol. The number of benzene rings is 2. The third-order valence-electron chi connectivity index (χ3n) is 4.43. The van der Waals surface area contributed by atoms with Gasteiger partial charge in [-0.1, -0.05) is 30.3 Å². The Hall–Kier alpha value is -3.13. The monoisotopic (exact) mass is 406 g/mol. The number of carbonyl (C=O) groups is 2. The molecule has 0 saturated carbocycles. The highest BCUT2D eigenvalue weighted by molar-refractivity contribution is 5.96. The second kappa shape index (κ2) is 8.08. The zero-order valence-corrected chi connectivity index (χ0v) is 15.1. The van der Waals surface area contributed by atoms with E-state index in [0.717, 1.165) is 29.8 Å². The van der Waals surface area contributed by atoms with E-state index < -0.39 is 42.5 Å². The summed E-state index contributed by atoms with van der Waals surface area (Å²) >= 11 is 0. The predicted octanol–water partition coefficient (Wildman–Crippen LogP) is 3.62. The Kier molecular flexibility index (Phi) is 5.74. The van der Waals surface area contributed by atoms with E-state index in [0.29, 0.717) is 5.57 Å². The van der Waals surface area contributed by atoms with Crippen molar-refractivity contribution in [2.45, 2.75) is 18.2 Å². The zero-order valence-electron chi connectivity index (χ0n) is 15.1. The zero-order chi connectivity index (χ0) is 21.1. The Morgan fingerprint density at radius 2 is 1.79 bits per heavy atom. The van der Waals surface area contributed by atoms with Crippen LogP contribution in [0.15, 0.2) is 60.2 Å². The van der Waals surface area contributed by atoms with Gasteiger partial charge in [0.25, 0.3) is 0 Å². The summed E-state index contributed by atoms with van der Waals surface area (Å²) in [6.45, 7) is -1.01. The summed E-state index contributed by atoms with van der Waals surface area (Å²) in [6, 6.07) is 12.6. The molecule has 5 nitrogen and oxygen atoms in total. The van der Waals surface area contributed by atoms with E-state index in [1.54, 1.807) is 30.3 Å². The second-order valence-electron chi connectivity index (χ2n) is 6.64. The number of ether oxygens (including phenoxy) is 2. The van der Waals surface area contributed by atoms with Crippen molar-refractivity contribution in [3.05, 3.63) is 76.9 Å². The first kappa shape index (κ1) is 20.6. The van der Waals surface area contributed by atoms with Crippen LogP contribution < -0.4 is 0 Å². The molecule has 152 valence electrons. The van der Waals surface area contributed by atoms with E-state index >= 15 is 0 Å². The minimum Gasteiger partial charge on any atom is -0.458 e. The third-order valence-corrected chi connectivity index (χ3v) is 4.43. The molecule has 29 heavy (non-hydrogen) atoms. The number of carbonyl (C=O) groups excluding carboxylic acids is 2. The molecule has 2 aromatic rings. The van der Waals surface area contributed by atoms with Crippen LogP contribution in [0.5, 0.6) is 0 Å². The number of hydrogen-bond acceptors (Lipinski definition) is 5. The standard InChI is InChI=1S/C21H17F3O5/c22-21(23,24)17-8-6-15(7-9-17)18(26)28-13-20(12-25)11-16(19(27)29-20)10-14-4-2-1-3-5-14/h1-10,25H,11-13H2/b16-10-. The number of cyclic esters (lactones) is 1. The van der Waals surface area contributed by atoms with Crippen LogP contribution in [0, 0.1) is 0 Å². The van der Waals surface area contributed by atoms with E-state index in [1.165, 1.54) is 0 Å². The van der Waals surface area contributed by atoms with Gasteiger partial charge in [-0.25, -0.2) is 9.59 Å². The molecule has 3 rings (SSSR count). The predicted molar refractivity (Wildman–Crippen MR) is 96.7 cm³/mol. The minimum absolute atomic E-state index is 0.0253. The normalized spacial score (nSPS) is 20.6. The van der Waals surface area contributed by atoms with Crippen molar-refractivity contribution < 1.29 is 37.3 Å². The molecule has 0 spiro atoms. The summed E-state index contributed by atoms with van der Waals surface area (Å²) < 4.78 is 48.1. The Morgan fingerprint density at radius 3 is 2.38 bits per heavy atom. The highest BCUT2D eigenvalue weighted by atomic mass is 19.4. The maximum absolute atomic E-state index is 12.6. The molecule has 1 fully saturated rings. The molecule has 1 atom stereocenters. The Labute approximate surface area is 164 Å². The van der Waals surface area contributed by atoms with Gasteiger partial charge in [0, 0.05) is 12.0 Å². The highest BCUT2D eigenvalue weighted by Gasteiger charge is 2.44. The van der Waals surface area contributed by atoms with E-state index in [4.69, 9.17) is 9.47 Å². The van der Waals surface area contributed by atoms with Crippen LogP contribution in [0.3, 0.4) is 0 Å². The van der Waals surface area contributed by atoms with Gasteiger partial charge < -0.3 is 14.6 Å². The summed E-state index contributed by atoms with van der Waals surface area (Å²) in [5.41, 5.74) is -1.32. The summed E-state index contributed by atoms with van der Waals surface area (Å²) in [4.78, 5) is 24.3. The minimum atomic E-state index is -4.51. The van der Waals surface area contributed by atoms with Gasteiger partial charge in [-0.15, -0.1) is 0 Å². The molecule has 1 N–H and O–H groups in total. The number of hydrogen-bond donors (Lipinski definition) is 1. The average Bonchev–Trinajstić information content (AvgIpc) is 3.02. The molecule has 1 aliphatic heterocycles. The third kappa shape index (κ3) is 4.83. The van der Waals surface area contributed by atoms with Gasteiger partial charge in [0.2, 0.25) is 0 Å². The van der Waals surface area contributed by atoms with E-state index in [2.05, 4.69) is 0 Å². The van der Waals surface area contributed by atoms with Crippen molar-refractivity contribution in [3.63, 3.8) is 0 Å². The molecule has 2 aromatic carbocycles. The maximum atomic E-state index is 12.6. The SMILES string of the molecule is O=C1OC(CO)(COC(=O)c2ccc(C(F)(F)F)cc2)C/C1=C/c1ccccc1. The summed E-state index contributed by atoms with van der Waals surface area (Å²) in [7, 11) is 0. The Balaban J connectivity index is 1.68. The van der Waals surface area contributed by atoms with Crippen molar-refractivity contribution in [2.24, 2.45) is 0 Å². The average molecular weight is 406 g/mol. The van der Waals surface area contributed by atoms with E-state index in [-0.39, 0.29) is 12.0 Å². The number of aliphatic hydroxyl groups excluding tert-OH is 1. The molecule has 1 unspecified atom stereocenters. The van der Waals surface area contributed by atoms with Crippen molar-refractivity contribution in [1.82, 2.24) is 0 Å². The maximum Gasteiger partial charge on any atom is 0.416 e. The topological polar surface area (TPSA) is 72.8 Å². The number of esters is 2. The fraction of sp³-hybridized carbons (Fsp3) is 0.238. The van der Waals surface area contributed by atoms with Crippen LogP contribution in [0.2, 0.25) is 0 Å². The lowest BCUT2D eigenvalue weighted by atomic mass is 9.98. The van der Waals surface area contributed by atoms with Gasteiger partial charge in [0.15, 0.2) is 5.60 Å². The Morgan fingerprint density at radius 1 is 1.14 bits per heavy atom. The molecule has 0 radical (unpaired) electrons. The molecular formula is C21H17F3O5. The van der Waals surface area contributed by atoms with Crippen molar-refractivity contribution >= 4 is 18.0 Å². The molecule has 0 bridgehead atoms. The molecule has 0 aliphatic carbocycles. The molecule has 1 saturated heterocycles. The van der Waals surface area contributed by atoms with E-state index in [1.807, 2.05) is 6.07 Å². The quantitative estimate of drug-likeness (QED) is 0.607. The first-order valence-electron chi connectivity index (χ1n) is 8.67. The van der Waals surface area contributed by atoms with Crippen LogP contribution in [0.4, 0.5) is 13.2 Å². The molecule has 1 aliphatic rings. The lowest BCUT2D eigenvalue weighted by molar-refractivity contribution is -0.154. The fourth-order valence-electron chi connectivity index (χ4n) is 2.87. The van der Waals surface area contributed by atoms with Crippen LogP contribution in [0.25, 0.3) is 6.08 Å². The number of alkyl halides is 3. The van der Waals surface area contributed by atoms with Crippen molar-refractivity contribution in [2.75, 3.05) is 13.2 Å². The Bertz CT molecular complexity index is 920. The van der Waals surface area contributed by atoms with Crippen LogP contribution >= 0.6 is 0 Å². The van der Waals surface area contributed by atoms with Crippen LogP contribution in [-0.4, -0.2) is 35.9 Å². The number of rotatable bonds is 5. The smallest absolute Gasteiger partial charge is 0.416 e. The first-order chi connectivity index (χ1) is 13.7. The summed E-state index contributed by atoms with van der Waals surface area (Å²) in [5.74, 6) is -1.52. The van der Waals surface area contributed by atoms with Crippen LogP contribution in [-0.2, 0) is 20.4 Å². The molecule has 8 heteroatoms. The fourth-order valence-corrected chi connectivity index (χ4v) is 2.87. The lowest BCUT2D eigenvalue weighted by Gasteiger charge is -2.24. The van der Waals surface area contributed by atoms with Crippen molar-refractivity contribution in [1.29, 1.82) is 0 Å². The van der Waals surface area contributed by atoms with Gasteiger partial charge >= 0.3 is 18.1 Å². The van der Waals surface area contributed by atoms with Gasteiger partial charge in [-0.05, 0) is 35.9 Å². The molecule has 1 heterocycles. The summed E-state index contributed by atoms with van der Waals surface area (Å²) in [5, 5.41) is 9.71.